The summed E-state index contributed by atoms with van der Waals surface area (Å²) in [7, 11) is 1.59. The fourth-order valence-corrected chi connectivity index (χ4v) is 2.97. The second-order valence-corrected chi connectivity index (χ2v) is 5.48. The maximum atomic E-state index is 9.95. The SMILES string of the molecule is COc1ccc(O)c(-c2nc3cc(Cl)ccc3s2)c1. The van der Waals surface area contributed by atoms with Crippen molar-refractivity contribution in [2.75, 3.05) is 7.11 Å². The van der Waals surface area contributed by atoms with Crippen LogP contribution in [-0.4, -0.2) is 17.2 Å². The summed E-state index contributed by atoms with van der Waals surface area (Å²) in [4.78, 5) is 4.50. The van der Waals surface area contributed by atoms with E-state index in [1.54, 1.807) is 25.3 Å². The molecule has 2 aromatic carbocycles. The van der Waals surface area contributed by atoms with Crippen LogP contribution < -0.4 is 4.74 Å². The van der Waals surface area contributed by atoms with E-state index in [1.165, 1.54) is 11.3 Å². The molecule has 0 amide bonds. The molecule has 0 radical (unpaired) electrons. The minimum atomic E-state index is 0.186. The molecular weight excluding hydrogens is 282 g/mol. The number of phenolic OH excluding ortho intramolecular Hbond substituents is 1. The average Bonchev–Trinajstić information content (AvgIpc) is 2.82. The number of aromatic hydroxyl groups is 1. The van der Waals surface area contributed by atoms with E-state index in [0.717, 1.165) is 15.2 Å². The van der Waals surface area contributed by atoms with Gasteiger partial charge in [0.2, 0.25) is 0 Å². The van der Waals surface area contributed by atoms with Crippen molar-refractivity contribution < 1.29 is 9.84 Å². The van der Waals surface area contributed by atoms with E-state index in [4.69, 9.17) is 16.3 Å². The molecule has 3 nitrogen and oxygen atoms in total. The van der Waals surface area contributed by atoms with Gasteiger partial charge >= 0.3 is 0 Å². The van der Waals surface area contributed by atoms with Gasteiger partial charge < -0.3 is 9.84 Å². The predicted octanol–water partition coefficient (Wildman–Crippen LogP) is 4.33. The van der Waals surface area contributed by atoms with Gasteiger partial charge in [0.05, 0.1) is 22.9 Å². The third kappa shape index (κ3) is 2.25. The highest BCUT2D eigenvalue weighted by Crippen LogP contribution is 2.37. The minimum Gasteiger partial charge on any atom is -0.507 e. The van der Waals surface area contributed by atoms with Crippen molar-refractivity contribution in [3.05, 3.63) is 41.4 Å². The Bertz CT molecular complexity index is 754. The summed E-state index contributed by atoms with van der Waals surface area (Å²) in [6, 6.07) is 10.7. The first kappa shape index (κ1) is 12.3. The molecule has 0 atom stereocenters. The molecular formula is C14H10ClNO2S. The Morgan fingerprint density at radius 1 is 1.21 bits per heavy atom. The first-order valence-electron chi connectivity index (χ1n) is 5.61. The van der Waals surface area contributed by atoms with E-state index in [1.807, 2.05) is 18.2 Å². The summed E-state index contributed by atoms with van der Waals surface area (Å²) >= 11 is 7.46. The van der Waals surface area contributed by atoms with Crippen LogP contribution in [0, 0.1) is 0 Å². The van der Waals surface area contributed by atoms with Crippen molar-refractivity contribution >= 4 is 33.2 Å². The third-order valence-corrected chi connectivity index (χ3v) is 4.09. The van der Waals surface area contributed by atoms with Crippen molar-refractivity contribution in [1.29, 1.82) is 0 Å². The monoisotopic (exact) mass is 291 g/mol. The van der Waals surface area contributed by atoms with Crippen LogP contribution >= 0.6 is 22.9 Å². The van der Waals surface area contributed by atoms with Crippen LogP contribution in [0.1, 0.15) is 0 Å². The number of aromatic nitrogens is 1. The zero-order valence-corrected chi connectivity index (χ0v) is 11.6. The molecule has 0 bridgehead atoms. The molecule has 96 valence electrons. The molecule has 0 spiro atoms. The maximum Gasteiger partial charge on any atom is 0.128 e. The summed E-state index contributed by atoms with van der Waals surface area (Å²) in [5.41, 5.74) is 1.49. The number of hydrogen-bond acceptors (Lipinski definition) is 4. The van der Waals surface area contributed by atoms with Crippen LogP contribution in [0.25, 0.3) is 20.8 Å². The molecule has 0 unspecified atom stereocenters. The van der Waals surface area contributed by atoms with Crippen molar-refractivity contribution in [3.8, 4) is 22.1 Å². The zero-order valence-electron chi connectivity index (χ0n) is 10.1. The topological polar surface area (TPSA) is 42.4 Å². The number of methoxy groups -OCH3 is 1. The number of rotatable bonds is 2. The molecule has 0 aliphatic heterocycles. The second kappa shape index (κ2) is 4.72. The van der Waals surface area contributed by atoms with Gasteiger partial charge in [-0.1, -0.05) is 11.6 Å². The molecule has 0 saturated carbocycles. The van der Waals surface area contributed by atoms with Crippen molar-refractivity contribution in [2.24, 2.45) is 0 Å². The quantitative estimate of drug-likeness (QED) is 0.764. The molecule has 0 aliphatic rings. The predicted molar refractivity (Wildman–Crippen MR) is 78.3 cm³/mol. The molecule has 1 N–H and O–H groups in total. The van der Waals surface area contributed by atoms with Crippen LogP contribution in [0.15, 0.2) is 36.4 Å². The Kier molecular flexibility index (Phi) is 3.05. The number of hydrogen-bond donors (Lipinski definition) is 1. The standard InChI is InChI=1S/C14H10ClNO2S/c1-18-9-3-4-12(17)10(7-9)14-16-11-6-8(15)2-5-13(11)19-14/h2-7,17H,1H3. The Labute approximate surface area is 119 Å². The van der Waals surface area contributed by atoms with Gasteiger partial charge in [0.1, 0.15) is 16.5 Å². The number of thiazole rings is 1. The van der Waals surface area contributed by atoms with Gasteiger partial charge in [-0.15, -0.1) is 11.3 Å². The molecule has 3 rings (SSSR count). The maximum absolute atomic E-state index is 9.95. The Balaban J connectivity index is 2.18. The van der Waals surface area contributed by atoms with E-state index in [2.05, 4.69) is 4.98 Å². The molecule has 5 heteroatoms. The first-order chi connectivity index (χ1) is 9.17. The van der Waals surface area contributed by atoms with E-state index in [0.29, 0.717) is 16.3 Å². The van der Waals surface area contributed by atoms with E-state index >= 15 is 0 Å². The molecule has 1 aromatic heterocycles. The lowest BCUT2D eigenvalue weighted by atomic mass is 10.2. The summed E-state index contributed by atoms with van der Waals surface area (Å²) in [6.45, 7) is 0. The minimum absolute atomic E-state index is 0.186. The first-order valence-corrected chi connectivity index (χ1v) is 6.80. The molecule has 1 heterocycles. The number of benzene rings is 2. The van der Waals surface area contributed by atoms with E-state index in [-0.39, 0.29) is 5.75 Å². The highest BCUT2D eigenvalue weighted by molar-refractivity contribution is 7.21. The molecule has 0 saturated heterocycles. The van der Waals surface area contributed by atoms with Crippen LogP contribution in [-0.2, 0) is 0 Å². The Hall–Kier alpha value is -1.78. The van der Waals surface area contributed by atoms with Crippen molar-refractivity contribution in [1.82, 2.24) is 4.98 Å². The van der Waals surface area contributed by atoms with Gasteiger partial charge in [0, 0.05) is 5.02 Å². The van der Waals surface area contributed by atoms with Crippen LogP contribution in [0.5, 0.6) is 11.5 Å². The number of nitrogens with zero attached hydrogens (tertiary/aromatic N) is 1. The van der Waals surface area contributed by atoms with Crippen LogP contribution in [0.2, 0.25) is 5.02 Å². The third-order valence-electron chi connectivity index (χ3n) is 2.78. The fraction of sp³-hybridized carbons (Fsp3) is 0.0714. The number of ether oxygens (including phenoxy) is 1. The lowest BCUT2D eigenvalue weighted by Crippen LogP contribution is -1.84. The normalized spacial score (nSPS) is 10.8. The molecule has 19 heavy (non-hydrogen) atoms. The highest BCUT2D eigenvalue weighted by atomic mass is 35.5. The Morgan fingerprint density at radius 2 is 2.05 bits per heavy atom. The van der Waals surface area contributed by atoms with Gasteiger partial charge in [0.15, 0.2) is 0 Å². The van der Waals surface area contributed by atoms with Gasteiger partial charge in [-0.25, -0.2) is 4.98 Å². The summed E-state index contributed by atoms with van der Waals surface area (Å²) in [5, 5.41) is 11.3. The lowest BCUT2D eigenvalue weighted by molar-refractivity contribution is 0.412. The van der Waals surface area contributed by atoms with Crippen molar-refractivity contribution in [3.63, 3.8) is 0 Å². The Morgan fingerprint density at radius 3 is 2.84 bits per heavy atom. The summed E-state index contributed by atoms with van der Waals surface area (Å²) in [5.74, 6) is 0.871. The van der Waals surface area contributed by atoms with Gasteiger partial charge in [0.25, 0.3) is 0 Å². The van der Waals surface area contributed by atoms with Gasteiger partial charge in [-0.2, -0.15) is 0 Å². The molecule has 3 aromatic rings. The van der Waals surface area contributed by atoms with Crippen LogP contribution in [0.3, 0.4) is 0 Å². The smallest absolute Gasteiger partial charge is 0.128 e. The number of phenols is 1. The largest absolute Gasteiger partial charge is 0.507 e. The highest BCUT2D eigenvalue weighted by Gasteiger charge is 2.11. The fourth-order valence-electron chi connectivity index (χ4n) is 1.83. The molecule has 0 fully saturated rings. The summed E-state index contributed by atoms with van der Waals surface area (Å²) in [6.07, 6.45) is 0. The zero-order chi connectivity index (χ0) is 13.4. The van der Waals surface area contributed by atoms with E-state index < -0.39 is 0 Å². The number of halogens is 1. The van der Waals surface area contributed by atoms with Gasteiger partial charge in [-0.3, -0.25) is 0 Å². The van der Waals surface area contributed by atoms with E-state index in [9.17, 15) is 5.11 Å². The lowest BCUT2D eigenvalue weighted by Gasteiger charge is -2.04. The average molecular weight is 292 g/mol. The molecule has 0 aliphatic carbocycles. The van der Waals surface area contributed by atoms with Gasteiger partial charge in [-0.05, 0) is 36.4 Å². The van der Waals surface area contributed by atoms with Crippen LogP contribution in [0.4, 0.5) is 0 Å². The van der Waals surface area contributed by atoms with Crippen molar-refractivity contribution in [2.45, 2.75) is 0 Å². The second-order valence-electron chi connectivity index (χ2n) is 4.01. The summed E-state index contributed by atoms with van der Waals surface area (Å²) < 4.78 is 6.20. The number of fused-ring (bicyclic) bond motifs is 1.